The topological polar surface area (TPSA) is 95.0 Å². The summed E-state index contributed by atoms with van der Waals surface area (Å²) in [7, 11) is -2.34. The molecule has 7 nitrogen and oxygen atoms in total. The van der Waals surface area contributed by atoms with E-state index in [1.807, 2.05) is 31.2 Å². The molecule has 1 saturated heterocycles. The van der Waals surface area contributed by atoms with E-state index in [2.05, 4.69) is 0 Å². The van der Waals surface area contributed by atoms with Crippen molar-refractivity contribution in [3.8, 4) is 11.1 Å². The number of hydrogen-bond acceptors (Lipinski definition) is 4. The van der Waals surface area contributed by atoms with E-state index in [4.69, 9.17) is 11.6 Å². The zero-order valence-corrected chi connectivity index (χ0v) is 21.8. The number of carboxylic acids is 1. The van der Waals surface area contributed by atoms with Gasteiger partial charge in [0, 0.05) is 12.1 Å². The molecule has 2 atom stereocenters. The van der Waals surface area contributed by atoms with E-state index in [9.17, 15) is 23.1 Å². The highest BCUT2D eigenvalue weighted by molar-refractivity contribution is 7.92. The highest BCUT2D eigenvalue weighted by atomic mass is 35.5. The second kappa shape index (κ2) is 9.95. The Morgan fingerprint density at radius 3 is 2.33 bits per heavy atom. The first-order valence-electron chi connectivity index (χ1n) is 11.4. The number of halogens is 1. The van der Waals surface area contributed by atoms with Crippen LogP contribution in [-0.2, 0) is 14.8 Å². The zero-order valence-electron chi connectivity index (χ0n) is 20.2. The number of hydrogen-bond donors (Lipinski definition) is 1. The first-order valence-corrected chi connectivity index (χ1v) is 13.7. The van der Waals surface area contributed by atoms with E-state index in [0.717, 1.165) is 27.3 Å². The molecule has 1 aliphatic heterocycles. The summed E-state index contributed by atoms with van der Waals surface area (Å²) >= 11 is 6.42. The van der Waals surface area contributed by atoms with E-state index < -0.39 is 34.0 Å². The normalized spacial score (nSPS) is 17.7. The van der Waals surface area contributed by atoms with E-state index in [1.54, 1.807) is 42.5 Å². The molecule has 36 heavy (non-hydrogen) atoms. The van der Waals surface area contributed by atoms with Crippen LogP contribution in [0.15, 0.2) is 66.7 Å². The van der Waals surface area contributed by atoms with Gasteiger partial charge in [-0.15, -0.1) is 0 Å². The Bertz CT molecular complexity index is 1440. The average molecular weight is 527 g/mol. The number of carboxylic acid groups (broad SMARTS) is 1. The lowest BCUT2D eigenvalue weighted by atomic mass is 9.97. The van der Waals surface area contributed by atoms with Gasteiger partial charge in [0.15, 0.2) is 0 Å². The van der Waals surface area contributed by atoms with E-state index >= 15 is 0 Å². The Morgan fingerprint density at radius 1 is 1.03 bits per heavy atom. The lowest BCUT2D eigenvalue weighted by Crippen LogP contribution is -2.42. The van der Waals surface area contributed by atoms with Crippen LogP contribution in [0.2, 0.25) is 5.02 Å². The molecule has 0 unspecified atom stereocenters. The molecule has 0 aromatic heterocycles. The Balaban J connectivity index is 1.87. The fourth-order valence-electron chi connectivity index (χ4n) is 4.74. The summed E-state index contributed by atoms with van der Waals surface area (Å²) in [5, 5.41) is 10.4. The second-order valence-electron chi connectivity index (χ2n) is 8.96. The lowest BCUT2D eigenvalue weighted by molar-refractivity contribution is -0.141. The summed E-state index contributed by atoms with van der Waals surface area (Å²) in [6.45, 7) is 1.95. The van der Waals surface area contributed by atoms with Crippen molar-refractivity contribution >= 4 is 39.2 Å². The summed E-state index contributed by atoms with van der Waals surface area (Å²) in [6.07, 6.45) is 1.74. The molecular weight excluding hydrogens is 500 g/mol. The van der Waals surface area contributed by atoms with E-state index in [0.29, 0.717) is 17.0 Å². The van der Waals surface area contributed by atoms with Gasteiger partial charge < -0.3 is 10.0 Å². The predicted octanol–water partition coefficient (Wildman–Crippen LogP) is 5.14. The summed E-state index contributed by atoms with van der Waals surface area (Å²) in [4.78, 5) is 27.5. The van der Waals surface area contributed by atoms with Gasteiger partial charge in [-0.25, -0.2) is 13.2 Å². The van der Waals surface area contributed by atoms with Crippen LogP contribution in [0, 0.1) is 6.92 Å². The van der Waals surface area contributed by atoms with Crippen molar-refractivity contribution in [1.29, 1.82) is 0 Å². The predicted molar refractivity (Wildman–Crippen MR) is 141 cm³/mol. The molecule has 4 rings (SSSR count). The minimum Gasteiger partial charge on any atom is -0.480 e. The van der Waals surface area contributed by atoms with Gasteiger partial charge in [-0.1, -0.05) is 60.1 Å². The SMILES string of the molecule is Cc1ccccc1-c1ccc(C(=O)N2[C@@H](c3ccccc3Cl)CC[C@H]2C(=O)O)c(N(C)S(C)(=O)=O)c1. The van der Waals surface area contributed by atoms with Gasteiger partial charge in [0.2, 0.25) is 10.0 Å². The first kappa shape index (κ1) is 25.7. The number of likely N-dealkylation sites (tertiary alicyclic amines) is 1. The third-order valence-corrected chi connectivity index (χ3v) is 8.23. The minimum absolute atomic E-state index is 0.102. The molecule has 9 heteroatoms. The van der Waals surface area contributed by atoms with Crippen LogP contribution in [0.4, 0.5) is 5.69 Å². The maximum Gasteiger partial charge on any atom is 0.326 e. The van der Waals surface area contributed by atoms with Crippen molar-refractivity contribution in [3.05, 3.63) is 88.4 Å². The Hall–Kier alpha value is -3.36. The van der Waals surface area contributed by atoms with Gasteiger partial charge >= 0.3 is 5.97 Å². The maximum atomic E-state index is 14.0. The van der Waals surface area contributed by atoms with Crippen molar-refractivity contribution in [1.82, 2.24) is 4.90 Å². The maximum absolute atomic E-state index is 14.0. The van der Waals surface area contributed by atoms with Crippen LogP contribution in [0.1, 0.15) is 40.4 Å². The molecule has 3 aromatic carbocycles. The van der Waals surface area contributed by atoms with Crippen LogP contribution in [0.5, 0.6) is 0 Å². The lowest BCUT2D eigenvalue weighted by Gasteiger charge is -2.31. The second-order valence-corrected chi connectivity index (χ2v) is 11.4. The molecule has 3 aromatic rings. The number of anilines is 1. The number of aliphatic carboxylic acids is 1. The Kier molecular flexibility index (Phi) is 7.11. The summed E-state index contributed by atoms with van der Waals surface area (Å²) in [5.74, 6) is -1.68. The van der Waals surface area contributed by atoms with Crippen LogP contribution in [-0.4, -0.2) is 49.6 Å². The van der Waals surface area contributed by atoms with Crippen molar-refractivity contribution < 1.29 is 23.1 Å². The molecule has 1 heterocycles. The number of nitrogens with zero attached hydrogens (tertiary/aromatic N) is 2. The molecule has 0 radical (unpaired) electrons. The fraction of sp³-hybridized carbons (Fsp3) is 0.259. The van der Waals surface area contributed by atoms with Crippen molar-refractivity contribution in [2.24, 2.45) is 0 Å². The largest absolute Gasteiger partial charge is 0.480 e. The number of carbonyl (C=O) groups excluding carboxylic acids is 1. The number of rotatable bonds is 6. The number of amides is 1. The molecule has 1 aliphatic rings. The molecular formula is C27H27ClN2O5S. The molecule has 188 valence electrons. The molecule has 1 N–H and O–H groups in total. The first-order chi connectivity index (χ1) is 17.0. The zero-order chi connectivity index (χ0) is 26.2. The monoisotopic (exact) mass is 526 g/mol. The third kappa shape index (κ3) is 4.83. The molecule has 0 saturated carbocycles. The van der Waals surface area contributed by atoms with Crippen LogP contribution < -0.4 is 4.31 Å². The van der Waals surface area contributed by atoms with Crippen molar-refractivity contribution in [2.75, 3.05) is 17.6 Å². The van der Waals surface area contributed by atoms with Crippen molar-refractivity contribution in [2.45, 2.75) is 31.8 Å². The van der Waals surface area contributed by atoms with Crippen molar-refractivity contribution in [3.63, 3.8) is 0 Å². The average Bonchev–Trinajstić information content (AvgIpc) is 3.28. The quantitative estimate of drug-likeness (QED) is 0.480. The van der Waals surface area contributed by atoms with E-state index in [1.165, 1.54) is 11.9 Å². The van der Waals surface area contributed by atoms with Gasteiger partial charge in [0.1, 0.15) is 6.04 Å². The minimum atomic E-state index is -3.72. The summed E-state index contributed by atoms with van der Waals surface area (Å²) in [5.41, 5.74) is 3.58. The highest BCUT2D eigenvalue weighted by Gasteiger charge is 2.43. The summed E-state index contributed by atoms with van der Waals surface area (Å²) in [6, 6.07) is 18.1. The number of benzene rings is 3. The molecule has 0 spiro atoms. The van der Waals surface area contributed by atoms with Gasteiger partial charge in [-0.3, -0.25) is 9.10 Å². The summed E-state index contributed by atoms with van der Waals surface area (Å²) < 4.78 is 26.1. The van der Waals surface area contributed by atoms with Gasteiger partial charge in [-0.2, -0.15) is 0 Å². The van der Waals surface area contributed by atoms with E-state index in [-0.39, 0.29) is 17.7 Å². The molecule has 1 fully saturated rings. The van der Waals surface area contributed by atoms with Gasteiger partial charge in [0.05, 0.1) is 23.5 Å². The van der Waals surface area contributed by atoms with Gasteiger partial charge in [-0.05, 0) is 60.2 Å². The van der Waals surface area contributed by atoms with Crippen LogP contribution >= 0.6 is 11.6 Å². The Labute approximate surface area is 216 Å². The fourth-order valence-corrected chi connectivity index (χ4v) is 5.51. The standard InChI is InChI=1S/C27H27ClN2O5S/c1-17-8-4-5-9-19(17)18-12-13-21(25(16-18)29(2)36(3,34)35)26(31)30-23(14-15-24(30)27(32)33)20-10-6-7-11-22(20)28/h4-13,16,23-24H,14-15H2,1-3H3,(H,32,33)/t23-,24+/m1/s1. The number of aryl methyl sites for hydroxylation is 1. The highest BCUT2D eigenvalue weighted by Crippen LogP contribution is 2.41. The van der Waals surface area contributed by atoms with Crippen LogP contribution in [0.25, 0.3) is 11.1 Å². The van der Waals surface area contributed by atoms with Crippen LogP contribution in [0.3, 0.4) is 0 Å². The molecule has 1 amide bonds. The molecule has 0 bridgehead atoms. The third-order valence-electron chi connectivity index (χ3n) is 6.69. The molecule has 0 aliphatic carbocycles. The smallest absolute Gasteiger partial charge is 0.326 e. The van der Waals surface area contributed by atoms with Gasteiger partial charge in [0.25, 0.3) is 5.91 Å². The number of carbonyl (C=O) groups is 2. The number of sulfonamides is 1. The Morgan fingerprint density at radius 2 is 1.69 bits per heavy atom.